The summed E-state index contributed by atoms with van der Waals surface area (Å²) in [6.45, 7) is 6.05. The molecule has 2 heteroatoms. The van der Waals surface area contributed by atoms with Gasteiger partial charge in [-0.15, -0.1) is 6.58 Å². The van der Waals surface area contributed by atoms with Crippen molar-refractivity contribution in [3.8, 4) is 0 Å². The van der Waals surface area contributed by atoms with E-state index < -0.39 is 0 Å². The maximum atomic E-state index is 3.98. The molecule has 1 atom stereocenters. The highest BCUT2D eigenvalue weighted by Gasteiger charge is 2.09. The Balaban J connectivity index is 2.92. The van der Waals surface area contributed by atoms with Crippen molar-refractivity contribution in [2.45, 2.75) is 19.4 Å². The van der Waals surface area contributed by atoms with E-state index in [1.807, 2.05) is 7.05 Å². The SMILES string of the molecule is C=C(C)CC(NC)c1cccc(N(C)C)c1. The molecule has 0 spiro atoms. The molecule has 0 aliphatic carbocycles. The van der Waals surface area contributed by atoms with Crippen molar-refractivity contribution in [2.75, 3.05) is 26.0 Å². The van der Waals surface area contributed by atoms with Crippen LogP contribution in [0, 0.1) is 0 Å². The number of nitrogens with one attached hydrogen (secondary N) is 1. The fourth-order valence-electron chi connectivity index (χ4n) is 1.75. The summed E-state index contributed by atoms with van der Waals surface area (Å²) in [5, 5.41) is 3.34. The van der Waals surface area contributed by atoms with Gasteiger partial charge in [-0.2, -0.15) is 0 Å². The molecule has 0 aliphatic heterocycles. The highest BCUT2D eigenvalue weighted by molar-refractivity contribution is 5.48. The molecule has 16 heavy (non-hydrogen) atoms. The van der Waals surface area contributed by atoms with E-state index in [-0.39, 0.29) is 0 Å². The van der Waals surface area contributed by atoms with E-state index in [9.17, 15) is 0 Å². The molecule has 0 aromatic heterocycles. The third-order valence-electron chi connectivity index (χ3n) is 2.69. The lowest BCUT2D eigenvalue weighted by Gasteiger charge is -2.19. The molecule has 2 nitrogen and oxygen atoms in total. The van der Waals surface area contributed by atoms with E-state index >= 15 is 0 Å². The molecule has 0 saturated carbocycles. The molecule has 0 heterocycles. The van der Waals surface area contributed by atoms with Crippen LogP contribution < -0.4 is 10.2 Å². The summed E-state index contributed by atoms with van der Waals surface area (Å²) >= 11 is 0. The molecule has 0 saturated heterocycles. The number of anilines is 1. The number of hydrogen-bond donors (Lipinski definition) is 1. The van der Waals surface area contributed by atoms with Crippen molar-refractivity contribution in [1.29, 1.82) is 0 Å². The Morgan fingerprint density at radius 3 is 2.62 bits per heavy atom. The third-order valence-corrected chi connectivity index (χ3v) is 2.69. The Labute approximate surface area is 99.0 Å². The summed E-state index contributed by atoms with van der Waals surface area (Å²) < 4.78 is 0. The molecule has 1 aromatic rings. The molecule has 0 bridgehead atoms. The van der Waals surface area contributed by atoms with Crippen LogP contribution in [0.2, 0.25) is 0 Å². The largest absolute Gasteiger partial charge is 0.378 e. The third kappa shape index (κ3) is 3.38. The molecule has 1 unspecified atom stereocenters. The molecule has 0 aliphatic rings. The molecule has 1 aromatic carbocycles. The normalized spacial score (nSPS) is 12.2. The highest BCUT2D eigenvalue weighted by atomic mass is 15.1. The summed E-state index contributed by atoms with van der Waals surface area (Å²) in [5.74, 6) is 0. The van der Waals surface area contributed by atoms with Crippen molar-refractivity contribution in [2.24, 2.45) is 0 Å². The van der Waals surface area contributed by atoms with Gasteiger partial charge in [0.15, 0.2) is 0 Å². The molecule has 0 fully saturated rings. The second-order valence-corrected chi connectivity index (χ2v) is 4.49. The molecule has 1 rings (SSSR count). The maximum absolute atomic E-state index is 3.98. The Kier molecular flexibility index (Phi) is 4.56. The Bertz CT molecular complexity index is 356. The van der Waals surface area contributed by atoms with E-state index in [4.69, 9.17) is 0 Å². The van der Waals surface area contributed by atoms with E-state index in [0.717, 1.165) is 6.42 Å². The summed E-state index contributed by atoms with van der Waals surface area (Å²) in [7, 11) is 6.12. The van der Waals surface area contributed by atoms with Crippen LogP contribution >= 0.6 is 0 Å². The van der Waals surface area contributed by atoms with E-state index in [0.29, 0.717) is 6.04 Å². The van der Waals surface area contributed by atoms with Crippen LogP contribution in [-0.4, -0.2) is 21.1 Å². The van der Waals surface area contributed by atoms with E-state index in [1.54, 1.807) is 0 Å². The summed E-state index contributed by atoms with van der Waals surface area (Å²) in [6, 6.07) is 8.98. The Hall–Kier alpha value is -1.28. The van der Waals surface area contributed by atoms with Gasteiger partial charge in [0.2, 0.25) is 0 Å². The van der Waals surface area contributed by atoms with Gasteiger partial charge in [0.1, 0.15) is 0 Å². The quantitative estimate of drug-likeness (QED) is 0.764. The summed E-state index contributed by atoms with van der Waals surface area (Å²) in [4.78, 5) is 2.12. The van der Waals surface area contributed by atoms with Crippen LogP contribution in [0.5, 0.6) is 0 Å². The average Bonchev–Trinajstić information content (AvgIpc) is 2.25. The predicted octanol–water partition coefficient (Wildman–Crippen LogP) is 2.98. The minimum Gasteiger partial charge on any atom is -0.378 e. The summed E-state index contributed by atoms with van der Waals surface area (Å²) in [5.41, 5.74) is 3.76. The average molecular weight is 218 g/mol. The zero-order valence-corrected chi connectivity index (χ0v) is 10.7. The van der Waals surface area contributed by atoms with Gasteiger partial charge in [-0.1, -0.05) is 17.7 Å². The first-order valence-corrected chi connectivity index (χ1v) is 5.63. The first-order valence-electron chi connectivity index (χ1n) is 5.63. The lowest BCUT2D eigenvalue weighted by atomic mass is 10.00. The number of benzene rings is 1. The number of rotatable bonds is 5. The first-order chi connectivity index (χ1) is 7.54. The molecular weight excluding hydrogens is 196 g/mol. The van der Waals surface area contributed by atoms with Gasteiger partial charge in [0.05, 0.1) is 0 Å². The van der Waals surface area contributed by atoms with Gasteiger partial charge < -0.3 is 10.2 Å². The van der Waals surface area contributed by atoms with Crippen molar-refractivity contribution < 1.29 is 0 Å². The van der Waals surface area contributed by atoms with Crippen LogP contribution in [0.25, 0.3) is 0 Å². The standard InChI is InChI=1S/C14H22N2/c1-11(2)9-14(15-3)12-7-6-8-13(10-12)16(4)5/h6-8,10,14-15H,1,9H2,2-5H3. The minimum atomic E-state index is 0.359. The fraction of sp³-hybridized carbons (Fsp3) is 0.429. The van der Waals surface area contributed by atoms with Gasteiger partial charge in [0.25, 0.3) is 0 Å². The smallest absolute Gasteiger partial charge is 0.0364 e. The first kappa shape index (κ1) is 12.8. The zero-order chi connectivity index (χ0) is 12.1. The minimum absolute atomic E-state index is 0.359. The molecule has 0 amide bonds. The monoisotopic (exact) mass is 218 g/mol. The van der Waals surface area contributed by atoms with Gasteiger partial charge in [-0.05, 0) is 38.1 Å². The maximum Gasteiger partial charge on any atom is 0.0364 e. The van der Waals surface area contributed by atoms with Crippen LogP contribution in [0.4, 0.5) is 5.69 Å². The van der Waals surface area contributed by atoms with Crippen molar-refractivity contribution in [3.63, 3.8) is 0 Å². The molecule has 1 N–H and O–H groups in total. The van der Waals surface area contributed by atoms with Gasteiger partial charge >= 0.3 is 0 Å². The second kappa shape index (κ2) is 5.71. The lowest BCUT2D eigenvalue weighted by Crippen LogP contribution is -2.17. The zero-order valence-electron chi connectivity index (χ0n) is 10.7. The van der Waals surface area contributed by atoms with Gasteiger partial charge in [-0.3, -0.25) is 0 Å². The topological polar surface area (TPSA) is 15.3 Å². The van der Waals surface area contributed by atoms with E-state index in [2.05, 4.69) is 62.1 Å². The summed E-state index contributed by atoms with van der Waals surface area (Å²) in [6.07, 6.45) is 0.980. The number of nitrogens with zero attached hydrogens (tertiary/aromatic N) is 1. The Morgan fingerprint density at radius 2 is 2.12 bits per heavy atom. The van der Waals surface area contributed by atoms with Crippen LogP contribution in [0.3, 0.4) is 0 Å². The molecule has 0 radical (unpaired) electrons. The predicted molar refractivity (Wildman–Crippen MR) is 72.0 cm³/mol. The molecule has 88 valence electrons. The van der Waals surface area contributed by atoms with Gasteiger partial charge in [0, 0.05) is 25.8 Å². The van der Waals surface area contributed by atoms with E-state index in [1.165, 1.54) is 16.8 Å². The van der Waals surface area contributed by atoms with Gasteiger partial charge in [-0.25, -0.2) is 0 Å². The molecular formula is C14H22N2. The fourth-order valence-corrected chi connectivity index (χ4v) is 1.75. The van der Waals surface area contributed by atoms with Crippen LogP contribution in [0.1, 0.15) is 24.9 Å². The van der Waals surface area contributed by atoms with Crippen LogP contribution in [-0.2, 0) is 0 Å². The van der Waals surface area contributed by atoms with Crippen molar-refractivity contribution >= 4 is 5.69 Å². The lowest BCUT2D eigenvalue weighted by molar-refractivity contribution is 0.590. The highest BCUT2D eigenvalue weighted by Crippen LogP contribution is 2.23. The second-order valence-electron chi connectivity index (χ2n) is 4.49. The number of hydrogen-bond acceptors (Lipinski definition) is 2. The van der Waals surface area contributed by atoms with Crippen molar-refractivity contribution in [3.05, 3.63) is 42.0 Å². The van der Waals surface area contributed by atoms with Crippen LogP contribution in [0.15, 0.2) is 36.4 Å². The van der Waals surface area contributed by atoms with Crippen molar-refractivity contribution in [1.82, 2.24) is 5.32 Å². The Morgan fingerprint density at radius 1 is 1.44 bits per heavy atom.